The lowest BCUT2D eigenvalue weighted by Crippen LogP contribution is -2.58. The molecule has 0 saturated heterocycles. The highest BCUT2D eigenvalue weighted by molar-refractivity contribution is 5.28. The summed E-state index contributed by atoms with van der Waals surface area (Å²) < 4.78 is 0. The molecule has 0 heteroatoms. The Balaban J connectivity index is 1.25. The smallest absolute Gasteiger partial charge is 0.0204 e. The molecule has 0 radical (unpaired) electrons. The maximum Gasteiger partial charge on any atom is -0.0204 e. The van der Waals surface area contributed by atoms with Crippen LogP contribution in [0.5, 0.6) is 0 Å². The summed E-state index contributed by atoms with van der Waals surface area (Å²) in [7, 11) is 0. The summed E-state index contributed by atoms with van der Waals surface area (Å²) in [5, 5.41) is 0. The van der Waals surface area contributed by atoms with Gasteiger partial charge in [0.1, 0.15) is 0 Å². The van der Waals surface area contributed by atoms with Gasteiger partial charge in [0, 0.05) is 0 Å². The van der Waals surface area contributed by atoms with E-state index in [1.54, 1.807) is 44.9 Å². The van der Waals surface area contributed by atoms with Gasteiger partial charge in [-0.3, -0.25) is 0 Å². The first-order valence-corrected chi connectivity index (χ1v) is 10.0. The fourth-order valence-corrected chi connectivity index (χ4v) is 7.62. The van der Waals surface area contributed by atoms with Crippen LogP contribution in [0.15, 0.2) is 0 Å². The summed E-state index contributed by atoms with van der Waals surface area (Å²) in [6, 6.07) is 0. The first-order valence-electron chi connectivity index (χ1n) is 10.0. The first-order chi connectivity index (χ1) is 10.0. The van der Waals surface area contributed by atoms with Crippen molar-refractivity contribution >= 4 is 0 Å². The molecule has 0 aromatic rings. The molecule has 0 heterocycles. The SMILES string of the molecule is CCC(C)(C)CCC1C2CCC3C(CC1C2)C12CC1CC32. The summed E-state index contributed by atoms with van der Waals surface area (Å²) in [6.07, 6.45) is 14.2. The number of fused-ring (bicyclic) bond motifs is 1. The molecular formula is C21H34. The summed E-state index contributed by atoms with van der Waals surface area (Å²) in [6.45, 7) is 7.34. The molecule has 6 saturated carbocycles. The zero-order chi connectivity index (χ0) is 14.4. The molecule has 2 bridgehead atoms. The molecular weight excluding hydrogens is 252 g/mol. The van der Waals surface area contributed by atoms with Gasteiger partial charge in [-0.1, -0.05) is 27.2 Å². The maximum absolute atomic E-state index is 2.48. The largest absolute Gasteiger partial charge is 0.0649 e. The third-order valence-electron chi connectivity index (χ3n) is 9.51. The van der Waals surface area contributed by atoms with Crippen molar-refractivity contribution in [2.75, 3.05) is 0 Å². The van der Waals surface area contributed by atoms with Gasteiger partial charge < -0.3 is 0 Å². The minimum Gasteiger partial charge on any atom is -0.0649 e. The normalized spacial score (nSPS) is 56.4. The quantitative estimate of drug-likeness (QED) is 0.602. The van der Waals surface area contributed by atoms with E-state index in [2.05, 4.69) is 20.8 Å². The molecule has 6 fully saturated rings. The predicted octanol–water partition coefficient (Wildman–Crippen LogP) is 5.91. The van der Waals surface area contributed by atoms with Gasteiger partial charge >= 0.3 is 0 Å². The van der Waals surface area contributed by atoms with E-state index in [9.17, 15) is 0 Å². The number of hydrogen-bond donors (Lipinski definition) is 0. The Morgan fingerprint density at radius 3 is 2.52 bits per heavy atom. The third kappa shape index (κ3) is 1.63. The van der Waals surface area contributed by atoms with Crippen molar-refractivity contribution in [3.05, 3.63) is 0 Å². The highest BCUT2D eigenvalue weighted by Crippen LogP contribution is 2.87. The predicted molar refractivity (Wildman–Crippen MR) is 87.9 cm³/mol. The molecule has 6 aliphatic rings. The van der Waals surface area contributed by atoms with Gasteiger partial charge in [0.05, 0.1) is 0 Å². The van der Waals surface area contributed by atoms with Crippen LogP contribution < -0.4 is 0 Å². The Bertz CT molecular complexity index is 449. The van der Waals surface area contributed by atoms with Crippen molar-refractivity contribution in [1.82, 2.24) is 0 Å². The standard InChI is InChI=1S/C21H34/c1-4-20(2,3)8-7-16-13-5-6-17-18(10-14(16)9-13)21-12-15(21)11-19(17)21/h13-19H,4-12H2,1-3H3. The summed E-state index contributed by atoms with van der Waals surface area (Å²) in [5.74, 6) is 8.25. The Hall–Kier alpha value is 0. The van der Waals surface area contributed by atoms with Crippen LogP contribution in [0.25, 0.3) is 0 Å². The molecule has 0 aromatic carbocycles. The maximum atomic E-state index is 2.48. The van der Waals surface area contributed by atoms with E-state index in [4.69, 9.17) is 0 Å². The van der Waals surface area contributed by atoms with E-state index in [0.717, 1.165) is 23.2 Å². The molecule has 21 heavy (non-hydrogen) atoms. The van der Waals surface area contributed by atoms with Crippen LogP contribution in [0.4, 0.5) is 0 Å². The molecule has 0 nitrogen and oxygen atoms in total. The van der Waals surface area contributed by atoms with Crippen molar-refractivity contribution in [2.45, 2.75) is 78.6 Å². The molecule has 0 amide bonds. The third-order valence-corrected chi connectivity index (χ3v) is 9.51. The molecule has 0 N–H and O–H groups in total. The molecule has 118 valence electrons. The second kappa shape index (κ2) is 4.09. The van der Waals surface area contributed by atoms with E-state index in [1.165, 1.54) is 36.5 Å². The molecule has 6 aliphatic carbocycles. The van der Waals surface area contributed by atoms with E-state index < -0.39 is 0 Å². The Morgan fingerprint density at radius 1 is 1.00 bits per heavy atom. The van der Waals surface area contributed by atoms with Gasteiger partial charge in [-0.2, -0.15) is 0 Å². The van der Waals surface area contributed by atoms with Crippen LogP contribution in [0, 0.1) is 52.3 Å². The van der Waals surface area contributed by atoms with Crippen LogP contribution in [0.1, 0.15) is 78.6 Å². The van der Waals surface area contributed by atoms with Crippen molar-refractivity contribution in [3.8, 4) is 0 Å². The average Bonchev–Trinajstić information content (AvgIpc) is 3.05. The van der Waals surface area contributed by atoms with Gasteiger partial charge in [0.15, 0.2) is 0 Å². The number of rotatable bonds is 4. The Kier molecular flexibility index (Phi) is 2.62. The zero-order valence-corrected chi connectivity index (χ0v) is 14.4. The minimum atomic E-state index is 0.590. The van der Waals surface area contributed by atoms with Gasteiger partial charge in [-0.05, 0) is 104 Å². The van der Waals surface area contributed by atoms with Crippen LogP contribution >= 0.6 is 0 Å². The Morgan fingerprint density at radius 2 is 1.81 bits per heavy atom. The van der Waals surface area contributed by atoms with E-state index in [1.807, 2.05) is 0 Å². The van der Waals surface area contributed by atoms with E-state index in [-0.39, 0.29) is 0 Å². The Labute approximate surface area is 131 Å². The lowest BCUT2D eigenvalue weighted by molar-refractivity contribution is -0.165. The fourth-order valence-electron chi connectivity index (χ4n) is 7.62. The number of hydrogen-bond acceptors (Lipinski definition) is 0. The zero-order valence-electron chi connectivity index (χ0n) is 14.4. The molecule has 0 aromatic heterocycles. The molecule has 6 rings (SSSR count). The van der Waals surface area contributed by atoms with Crippen LogP contribution in [-0.2, 0) is 0 Å². The van der Waals surface area contributed by atoms with Crippen molar-refractivity contribution in [3.63, 3.8) is 0 Å². The lowest BCUT2D eigenvalue weighted by atomic mass is 9.40. The van der Waals surface area contributed by atoms with E-state index in [0.29, 0.717) is 5.41 Å². The highest BCUT2D eigenvalue weighted by atomic mass is 14.8. The van der Waals surface area contributed by atoms with Gasteiger partial charge in [0.2, 0.25) is 0 Å². The van der Waals surface area contributed by atoms with Crippen LogP contribution in [-0.4, -0.2) is 0 Å². The second-order valence-electron chi connectivity index (χ2n) is 10.4. The highest BCUT2D eigenvalue weighted by Gasteiger charge is 2.80. The fraction of sp³-hybridized carbons (Fsp3) is 1.00. The summed E-state index contributed by atoms with van der Waals surface area (Å²) in [5.41, 5.74) is 1.56. The van der Waals surface area contributed by atoms with E-state index >= 15 is 0 Å². The molecule has 1 spiro atoms. The first kappa shape index (κ1) is 13.4. The van der Waals surface area contributed by atoms with Crippen LogP contribution in [0.3, 0.4) is 0 Å². The van der Waals surface area contributed by atoms with Crippen molar-refractivity contribution < 1.29 is 0 Å². The lowest BCUT2D eigenvalue weighted by Gasteiger charge is -2.65. The molecule has 8 atom stereocenters. The van der Waals surface area contributed by atoms with Crippen LogP contribution in [0.2, 0.25) is 0 Å². The summed E-state index contributed by atoms with van der Waals surface area (Å²) >= 11 is 0. The van der Waals surface area contributed by atoms with Gasteiger partial charge in [0.25, 0.3) is 0 Å². The van der Waals surface area contributed by atoms with Crippen molar-refractivity contribution in [1.29, 1.82) is 0 Å². The molecule has 8 unspecified atom stereocenters. The second-order valence-corrected chi connectivity index (χ2v) is 10.4. The average molecular weight is 287 g/mol. The monoisotopic (exact) mass is 286 g/mol. The molecule has 0 aliphatic heterocycles. The van der Waals surface area contributed by atoms with Crippen molar-refractivity contribution in [2.24, 2.45) is 52.3 Å². The topological polar surface area (TPSA) is 0 Å². The summed E-state index contributed by atoms with van der Waals surface area (Å²) in [4.78, 5) is 0. The van der Waals surface area contributed by atoms with Gasteiger partial charge in [-0.15, -0.1) is 0 Å². The minimum absolute atomic E-state index is 0.590. The van der Waals surface area contributed by atoms with Gasteiger partial charge in [-0.25, -0.2) is 0 Å².